The van der Waals surface area contributed by atoms with E-state index in [0.29, 0.717) is 0 Å². The molecule has 0 unspecified atom stereocenters. The van der Waals surface area contributed by atoms with Crippen LogP contribution < -0.4 is 0 Å². The number of halogens is 1. The van der Waals surface area contributed by atoms with Gasteiger partial charge in [0.15, 0.2) is 0 Å². The van der Waals surface area contributed by atoms with Crippen molar-refractivity contribution in [1.82, 2.24) is 0 Å². The fraction of sp³-hybridized carbons (Fsp3) is 0.556. The van der Waals surface area contributed by atoms with Crippen LogP contribution in [0, 0.1) is 23.7 Å². The molecule has 0 atom stereocenters. The van der Waals surface area contributed by atoms with Crippen molar-refractivity contribution in [3.63, 3.8) is 0 Å². The molecule has 1 heteroatoms. The summed E-state index contributed by atoms with van der Waals surface area (Å²) in [6.45, 7) is 1.87. The molecular weight excluding hydrogens is 235 g/mol. The van der Waals surface area contributed by atoms with Crippen LogP contribution in [0.15, 0.2) is 0 Å². The Labute approximate surface area is 76.9 Å². The molecule has 0 aromatic carbocycles. The van der Waals surface area contributed by atoms with Crippen molar-refractivity contribution in [2.45, 2.75) is 26.2 Å². The van der Waals surface area contributed by atoms with Gasteiger partial charge in [-0.05, 0) is 13.3 Å². The lowest BCUT2D eigenvalue weighted by Crippen LogP contribution is -1.69. The minimum Gasteiger partial charge on any atom is -0.107 e. The van der Waals surface area contributed by atoms with E-state index in [1.54, 1.807) is 0 Å². The molecule has 0 aliphatic carbocycles. The first kappa shape index (κ1) is 9.85. The largest absolute Gasteiger partial charge is 0.107 e. The summed E-state index contributed by atoms with van der Waals surface area (Å²) in [5.74, 6) is 11.9. The molecule has 0 aliphatic heterocycles. The lowest BCUT2D eigenvalue weighted by molar-refractivity contribution is 0.903. The molecule has 0 fully saturated rings. The van der Waals surface area contributed by atoms with Gasteiger partial charge in [0, 0.05) is 12.8 Å². The van der Waals surface area contributed by atoms with Crippen molar-refractivity contribution >= 4 is 22.6 Å². The average molecular weight is 246 g/mol. The van der Waals surface area contributed by atoms with E-state index in [-0.39, 0.29) is 0 Å². The van der Waals surface area contributed by atoms with Crippen molar-refractivity contribution in [2.24, 2.45) is 0 Å². The van der Waals surface area contributed by atoms with Crippen LogP contribution >= 0.6 is 22.6 Å². The smallest absolute Gasteiger partial charge is 0.0609 e. The average Bonchev–Trinajstić information content (AvgIpc) is 1.97. The maximum atomic E-state index is 3.07. The molecule has 10 heavy (non-hydrogen) atoms. The number of hydrogen-bond acceptors (Lipinski definition) is 0. The highest BCUT2D eigenvalue weighted by atomic mass is 127. The molecule has 0 aromatic rings. The summed E-state index contributed by atoms with van der Waals surface area (Å²) in [6.07, 6.45) is 3.11. The second kappa shape index (κ2) is 8.85. The monoisotopic (exact) mass is 246 g/mol. The van der Waals surface area contributed by atoms with E-state index in [1.807, 2.05) is 6.92 Å². The van der Waals surface area contributed by atoms with Gasteiger partial charge in [0.05, 0.1) is 4.43 Å². The summed E-state index contributed by atoms with van der Waals surface area (Å²) in [5.41, 5.74) is 0. The second-order valence-electron chi connectivity index (χ2n) is 1.77. The van der Waals surface area contributed by atoms with E-state index in [1.165, 1.54) is 0 Å². The first-order chi connectivity index (χ1) is 4.91. The fourth-order valence-electron chi connectivity index (χ4n) is 0.526. The Hall–Kier alpha value is -0.150. The lowest BCUT2D eigenvalue weighted by atomic mass is 10.2. The molecule has 0 rings (SSSR count). The van der Waals surface area contributed by atoms with Crippen molar-refractivity contribution in [3.05, 3.63) is 0 Å². The van der Waals surface area contributed by atoms with Crippen LogP contribution in [-0.4, -0.2) is 4.43 Å². The Kier molecular flexibility index (Phi) is 8.72. The van der Waals surface area contributed by atoms with Crippen LogP contribution in [0.3, 0.4) is 0 Å². The van der Waals surface area contributed by atoms with Gasteiger partial charge in [0.1, 0.15) is 0 Å². The molecule has 0 saturated heterocycles. The molecule has 54 valence electrons. The molecule has 0 amide bonds. The van der Waals surface area contributed by atoms with Gasteiger partial charge < -0.3 is 0 Å². The van der Waals surface area contributed by atoms with Gasteiger partial charge in [-0.3, -0.25) is 0 Å². The van der Waals surface area contributed by atoms with E-state index in [9.17, 15) is 0 Å². The number of unbranched alkanes of at least 4 members (excludes halogenated alkanes) is 2. The fourth-order valence-corrected chi connectivity index (χ4v) is 0.795. The zero-order valence-corrected chi connectivity index (χ0v) is 8.36. The van der Waals surface area contributed by atoms with Gasteiger partial charge in [-0.25, -0.2) is 0 Å². The molecule has 0 aliphatic rings. The third kappa shape index (κ3) is 7.85. The minimum atomic E-state index is 0.942. The van der Waals surface area contributed by atoms with Crippen LogP contribution in [-0.2, 0) is 0 Å². The highest BCUT2D eigenvalue weighted by Gasteiger charge is 1.77. The molecular formula is C9H11I. The summed E-state index contributed by atoms with van der Waals surface area (Å²) >= 11 is 2.25. The number of hydrogen-bond donors (Lipinski definition) is 0. The zero-order chi connectivity index (χ0) is 7.66. The molecule has 0 spiro atoms. The number of alkyl halides is 1. The molecule has 0 N–H and O–H groups in total. The lowest BCUT2D eigenvalue weighted by Gasteiger charge is -1.82. The Balaban J connectivity index is 3.10. The maximum Gasteiger partial charge on any atom is 0.0609 e. The van der Waals surface area contributed by atoms with E-state index in [4.69, 9.17) is 0 Å². The summed E-state index contributed by atoms with van der Waals surface area (Å²) in [6, 6.07) is 0. The van der Waals surface area contributed by atoms with Crippen LogP contribution in [0.4, 0.5) is 0 Å². The van der Waals surface area contributed by atoms with E-state index in [0.717, 1.165) is 23.7 Å². The molecule has 0 nitrogen and oxygen atoms in total. The first-order valence-corrected chi connectivity index (χ1v) is 4.85. The predicted molar refractivity (Wildman–Crippen MR) is 54.0 cm³/mol. The van der Waals surface area contributed by atoms with Gasteiger partial charge >= 0.3 is 0 Å². The summed E-state index contributed by atoms with van der Waals surface area (Å²) in [5, 5.41) is 0. The highest BCUT2D eigenvalue weighted by molar-refractivity contribution is 14.1. The maximum absolute atomic E-state index is 3.07. The molecule has 0 radical (unpaired) electrons. The van der Waals surface area contributed by atoms with E-state index in [2.05, 4.69) is 46.3 Å². The summed E-state index contributed by atoms with van der Waals surface area (Å²) < 4.78 is 0.942. The minimum absolute atomic E-state index is 0.942. The van der Waals surface area contributed by atoms with Crippen LogP contribution in [0.1, 0.15) is 26.2 Å². The van der Waals surface area contributed by atoms with Crippen LogP contribution in [0.5, 0.6) is 0 Å². The van der Waals surface area contributed by atoms with Crippen molar-refractivity contribution in [3.8, 4) is 23.7 Å². The van der Waals surface area contributed by atoms with Crippen LogP contribution in [0.2, 0.25) is 0 Å². The molecule has 0 heterocycles. The highest BCUT2D eigenvalue weighted by Crippen LogP contribution is 1.91. The molecule has 0 aromatic heterocycles. The van der Waals surface area contributed by atoms with Crippen molar-refractivity contribution in [2.75, 3.05) is 4.43 Å². The van der Waals surface area contributed by atoms with Gasteiger partial charge in [0.2, 0.25) is 0 Å². The summed E-state index contributed by atoms with van der Waals surface area (Å²) in [7, 11) is 0. The number of rotatable bonds is 2. The quantitative estimate of drug-likeness (QED) is 0.304. The van der Waals surface area contributed by atoms with Gasteiger partial charge in [-0.15, -0.1) is 17.8 Å². The SMILES string of the molecule is CC#CCCCC#CCI. The predicted octanol–water partition coefficient (Wildman–Crippen LogP) is 2.62. The Morgan fingerprint density at radius 1 is 1.10 bits per heavy atom. The normalized spacial score (nSPS) is 7.00. The Morgan fingerprint density at radius 3 is 2.40 bits per heavy atom. The second-order valence-corrected chi connectivity index (χ2v) is 2.53. The van der Waals surface area contributed by atoms with Gasteiger partial charge in [-0.2, -0.15) is 0 Å². The van der Waals surface area contributed by atoms with Gasteiger partial charge in [-0.1, -0.05) is 28.5 Å². The molecule has 0 bridgehead atoms. The third-order valence-corrected chi connectivity index (χ3v) is 1.35. The van der Waals surface area contributed by atoms with E-state index < -0.39 is 0 Å². The Morgan fingerprint density at radius 2 is 1.80 bits per heavy atom. The molecule has 0 saturated carbocycles. The standard InChI is InChI=1S/C9H11I/c1-2-3-4-5-6-7-8-9-10/h4-6,9H2,1H3. The van der Waals surface area contributed by atoms with Gasteiger partial charge in [0.25, 0.3) is 0 Å². The van der Waals surface area contributed by atoms with Crippen molar-refractivity contribution < 1.29 is 0 Å². The zero-order valence-electron chi connectivity index (χ0n) is 6.21. The summed E-state index contributed by atoms with van der Waals surface area (Å²) in [4.78, 5) is 0. The first-order valence-electron chi connectivity index (χ1n) is 3.33. The van der Waals surface area contributed by atoms with E-state index >= 15 is 0 Å². The topological polar surface area (TPSA) is 0 Å². The van der Waals surface area contributed by atoms with Crippen molar-refractivity contribution in [1.29, 1.82) is 0 Å². The van der Waals surface area contributed by atoms with Crippen LogP contribution in [0.25, 0.3) is 0 Å². The third-order valence-electron chi connectivity index (χ3n) is 0.972. The Bertz CT molecular complexity index is 172.